The van der Waals surface area contributed by atoms with Gasteiger partial charge in [0.15, 0.2) is 5.84 Å². The molecule has 0 unspecified atom stereocenters. The second-order valence-electron chi connectivity index (χ2n) is 8.24. The van der Waals surface area contributed by atoms with Crippen molar-refractivity contribution < 1.29 is 13.9 Å². The maximum Gasteiger partial charge on any atom is 0.251 e. The standard InChI is InChI=1S/C27H28FN5O2/c1-19-16-20(5-7-24(19)28)23-17-21(27(34)31-10-11-33-12-14-35-15-13-33)6-8-25(23)32-26(29-2)22-4-3-9-30-18-22/h3-9,16-18H,2,10-15H2,1H3,(H,31,34). The summed E-state index contributed by atoms with van der Waals surface area (Å²) < 4.78 is 19.3. The van der Waals surface area contributed by atoms with Crippen molar-refractivity contribution in [2.24, 2.45) is 9.98 Å². The van der Waals surface area contributed by atoms with Gasteiger partial charge >= 0.3 is 0 Å². The van der Waals surface area contributed by atoms with Gasteiger partial charge in [0.2, 0.25) is 0 Å². The van der Waals surface area contributed by atoms with Crippen LogP contribution in [0.3, 0.4) is 0 Å². The first-order valence-electron chi connectivity index (χ1n) is 11.5. The summed E-state index contributed by atoms with van der Waals surface area (Å²) in [5.74, 6) is -0.0660. The molecule has 0 saturated carbocycles. The number of rotatable bonds is 7. The van der Waals surface area contributed by atoms with Gasteiger partial charge in [0.1, 0.15) is 5.82 Å². The molecule has 0 aliphatic carbocycles. The SMILES string of the molecule is C=NC(=Nc1ccc(C(=O)NCCN2CCOCC2)cc1-c1ccc(F)c(C)c1)c1cccnc1. The lowest BCUT2D eigenvalue weighted by molar-refractivity contribution is 0.0383. The number of halogens is 1. The fraction of sp³-hybridized carbons (Fsp3) is 0.259. The molecule has 7 nitrogen and oxygen atoms in total. The molecule has 8 heteroatoms. The van der Waals surface area contributed by atoms with Gasteiger partial charge in [-0.1, -0.05) is 6.07 Å². The smallest absolute Gasteiger partial charge is 0.251 e. The van der Waals surface area contributed by atoms with Crippen LogP contribution in [-0.4, -0.2) is 67.7 Å². The monoisotopic (exact) mass is 473 g/mol. The van der Waals surface area contributed by atoms with Gasteiger partial charge in [0.05, 0.1) is 18.9 Å². The molecule has 3 aromatic rings. The van der Waals surface area contributed by atoms with E-state index in [0.29, 0.717) is 40.3 Å². The quantitative estimate of drug-likeness (QED) is 0.415. The highest BCUT2D eigenvalue weighted by Crippen LogP contribution is 2.33. The summed E-state index contributed by atoms with van der Waals surface area (Å²) in [6.45, 7) is 9.83. The van der Waals surface area contributed by atoms with Gasteiger partial charge in [-0.2, -0.15) is 0 Å². The average molecular weight is 474 g/mol. The Bertz CT molecular complexity index is 1220. The van der Waals surface area contributed by atoms with Crippen molar-refractivity contribution in [2.45, 2.75) is 6.92 Å². The minimum absolute atomic E-state index is 0.178. The normalized spacial score (nSPS) is 14.5. The topological polar surface area (TPSA) is 79.2 Å². The van der Waals surface area contributed by atoms with Crippen LogP contribution in [0, 0.1) is 12.7 Å². The van der Waals surface area contributed by atoms with Crippen molar-refractivity contribution in [3.05, 3.63) is 83.4 Å². The number of aromatic nitrogens is 1. The van der Waals surface area contributed by atoms with Gasteiger partial charge in [-0.15, -0.1) is 0 Å². The van der Waals surface area contributed by atoms with Crippen molar-refractivity contribution in [3.63, 3.8) is 0 Å². The van der Waals surface area contributed by atoms with E-state index in [1.54, 1.807) is 55.7 Å². The predicted molar refractivity (Wildman–Crippen MR) is 136 cm³/mol. The van der Waals surface area contributed by atoms with Crippen LogP contribution in [-0.2, 0) is 4.74 Å². The summed E-state index contributed by atoms with van der Waals surface area (Å²) in [4.78, 5) is 28.1. The van der Waals surface area contributed by atoms with E-state index in [2.05, 4.69) is 26.9 Å². The zero-order valence-corrected chi connectivity index (χ0v) is 19.7. The number of hydrogen-bond acceptors (Lipinski definition) is 5. The number of pyridine rings is 1. The van der Waals surface area contributed by atoms with Crippen LogP contribution in [0.25, 0.3) is 11.1 Å². The second-order valence-corrected chi connectivity index (χ2v) is 8.24. The second kappa shape index (κ2) is 11.6. The third-order valence-electron chi connectivity index (χ3n) is 5.84. The largest absolute Gasteiger partial charge is 0.379 e. The van der Waals surface area contributed by atoms with Crippen LogP contribution in [0.2, 0.25) is 0 Å². The summed E-state index contributed by atoms with van der Waals surface area (Å²) in [6, 6.07) is 13.8. The molecule has 2 aromatic carbocycles. The van der Waals surface area contributed by atoms with Crippen LogP contribution in [0.5, 0.6) is 0 Å². The third-order valence-corrected chi connectivity index (χ3v) is 5.84. The molecule has 1 N–H and O–H groups in total. The number of hydrogen-bond donors (Lipinski definition) is 1. The molecule has 1 amide bonds. The minimum atomic E-state index is -0.292. The predicted octanol–water partition coefficient (Wildman–Crippen LogP) is 4.04. The van der Waals surface area contributed by atoms with Crippen LogP contribution >= 0.6 is 0 Å². The molecule has 1 aliphatic heterocycles. The third kappa shape index (κ3) is 6.23. The first-order valence-corrected chi connectivity index (χ1v) is 11.5. The molecule has 35 heavy (non-hydrogen) atoms. The Morgan fingerprint density at radius 2 is 2.00 bits per heavy atom. The number of carbonyl (C=O) groups excluding carboxylic acids is 1. The zero-order chi connectivity index (χ0) is 24.6. The summed E-state index contributed by atoms with van der Waals surface area (Å²) in [6.07, 6.45) is 3.33. The molecule has 2 heterocycles. The highest BCUT2D eigenvalue weighted by atomic mass is 19.1. The lowest BCUT2D eigenvalue weighted by Crippen LogP contribution is -2.41. The number of aryl methyl sites for hydroxylation is 1. The van der Waals surface area contributed by atoms with Gasteiger partial charge in [0.25, 0.3) is 5.91 Å². The highest BCUT2D eigenvalue weighted by Gasteiger charge is 2.15. The maximum absolute atomic E-state index is 14.0. The fourth-order valence-electron chi connectivity index (χ4n) is 3.87. The number of nitrogens with one attached hydrogen (secondary N) is 1. The fourth-order valence-corrected chi connectivity index (χ4v) is 3.87. The molecule has 1 saturated heterocycles. The van der Waals surface area contributed by atoms with E-state index >= 15 is 0 Å². The van der Waals surface area contributed by atoms with Gasteiger partial charge in [-0.05, 0) is 67.2 Å². The number of aliphatic imine (C=N–C) groups is 2. The Labute approximate surface area is 204 Å². The Morgan fingerprint density at radius 3 is 2.71 bits per heavy atom. The van der Waals surface area contributed by atoms with E-state index in [1.807, 2.05) is 6.07 Å². The molecule has 1 fully saturated rings. The number of amidine groups is 1. The van der Waals surface area contributed by atoms with Crippen LogP contribution in [0.1, 0.15) is 21.5 Å². The Morgan fingerprint density at radius 1 is 1.17 bits per heavy atom. The van der Waals surface area contributed by atoms with E-state index in [9.17, 15) is 9.18 Å². The van der Waals surface area contributed by atoms with Gasteiger partial charge in [-0.25, -0.2) is 14.4 Å². The van der Waals surface area contributed by atoms with E-state index in [-0.39, 0.29) is 11.7 Å². The van der Waals surface area contributed by atoms with E-state index in [0.717, 1.165) is 38.4 Å². The van der Waals surface area contributed by atoms with Crippen LogP contribution in [0.4, 0.5) is 10.1 Å². The highest BCUT2D eigenvalue weighted by molar-refractivity contribution is 6.04. The number of benzene rings is 2. The van der Waals surface area contributed by atoms with Gasteiger partial charge in [0, 0.05) is 55.3 Å². The first kappa shape index (κ1) is 24.4. The van der Waals surface area contributed by atoms with E-state index in [1.165, 1.54) is 6.07 Å². The molecule has 180 valence electrons. The molecule has 0 spiro atoms. The van der Waals surface area contributed by atoms with Crippen molar-refractivity contribution >= 4 is 24.1 Å². The average Bonchev–Trinajstić information content (AvgIpc) is 2.90. The summed E-state index contributed by atoms with van der Waals surface area (Å²) in [5, 5.41) is 2.99. The van der Waals surface area contributed by atoms with Crippen molar-refractivity contribution in [1.82, 2.24) is 15.2 Å². The van der Waals surface area contributed by atoms with Crippen molar-refractivity contribution in [2.75, 3.05) is 39.4 Å². The molecule has 0 atom stereocenters. The molecule has 1 aliphatic rings. The minimum Gasteiger partial charge on any atom is -0.379 e. The Kier molecular flexibility index (Phi) is 8.07. The zero-order valence-electron chi connectivity index (χ0n) is 19.7. The number of nitrogens with zero attached hydrogens (tertiary/aromatic N) is 4. The molecule has 1 aromatic heterocycles. The Hall–Kier alpha value is -3.75. The number of ether oxygens (including phenoxy) is 1. The van der Waals surface area contributed by atoms with Gasteiger partial charge < -0.3 is 10.1 Å². The van der Waals surface area contributed by atoms with Crippen molar-refractivity contribution in [1.29, 1.82) is 0 Å². The van der Waals surface area contributed by atoms with Crippen LogP contribution < -0.4 is 5.32 Å². The molecule has 0 bridgehead atoms. The summed E-state index contributed by atoms with van der Waals surface area (Å²) >= 11 is 0. The van der Waals surface area contributed by atoms with Gasteiger partial charge in [-0.3, -0.25) is 14.7 Å². The van der Waals surface area contributed by atoms with E-state index < -0.39 is 0 Å². The maximum atomic E-state index is 14.0. The number of morpholine rings is 1. The summed E-state index contributed by atoms with van der Waals surface area (Å²) in [5.41, 5.74) is 3.75. The van der Waals surface area contributed by atoms with Crippen LogP contribution in [0.15, 0.2) is 70.9 Å². The lowest BCUT2D eigenvalue weighted by atomic mass is 9.99. The number of amides is 1. The first-order chi connectivity index (χ1) is 17.0. The number of carbonyl (C=O) groups is 1. The van der Waals surface area contributed by atoms with E-state index in [4.69, 9.17) is 9.73 Å². The molecule has 4 rings (SSSR count). The Balaban J connectivity index is 1.63. The lowest BCUT2D eigenvalue weighted by Gasteiger charge is -2.26. The molecular formula is C27H28FN5O2. The summed E-state index contributed by atoms with van der Waals surface area (Å²) in [7, 11) is 0. The molecular weight excluding hydrogens is 445 g/mol. The van der Waals surface area contributed by atoms with Crippen molar-refractivity contribution in [3.8, 4) is 11.1 Å². The molecule has 0 radical (unpaired) electrons.